The second kappa shape index (κ2) is 8.39. The van der Waals surface area contributed by atoms with E-state index in [4.69, 9.17) is 22.1 Å². The molecule has 4 aromatic rings. The lowest BCUT2D eigenvalue weighted by Crippen LogP contribution is -2.13. The van der Waals surface area contributed by atoms with Crippen molar-refractivity contribution in [3.63, 3.8) is 0 Å². The lowest BCUT2D eigenvalue weighted by atomic mass is 10.1. The molecule has 3 N–H and O–H groups in total. The summed E-state index contributed by atoms with van der Waals surface area (Å²) in [6, 6.07) is 18.5. The van der Waals surface area contributed by atoms with Crippen LogP contribution in [-0.4, -0.2) is 15.9 Å². The van der Waals surface area contributed by atoms with Gasteiger partial charge in [-0.15, -0.1) is 0 Å². The Morgan fingerprint density at radius 2 is 1.90 bits per heavy atom. The summed E-state index contributed by atoms with van der Waals surface area (Å²) in [5.74, 6) is 0.438. The summed E-state index contributed by atoms with van der Waals surface area (Å²) < 4.78 is 5.91. The maximum Gasteiger partial charge on any atom is 0.257 e. The Hall–Kier alpha value is -3.64. The van der Waals surface area contributed by atoms with E-state index in [1.807, 2.05) is 61.5 Å². The zero-order valence-electron chi connectivity index (χ0n) is 16.2. The fourth-order valence-corrected chi connectivity index (χ4v) is 3.20. The highest BCUT2D eigenvalue weighted by Gasteiger charge is 2.13. The lowest BCUT2D eigenvalue weighted by molar-refractivity contribution is 0.102. The van der Waals surface area contributed by atoms with Gasteiger partial charge in [-0.3, -0.25) is 9.78 Å². The summed E-state index contributed by atoms with van der Waals surface area (Å²) in [6.45, 7) is 1.88. The average Bonchev–Trinajstić information content (AvgIpc) is 2.76. The second-order valence-electron chi connectivity index (χ2n) is 6.79. The lowest BCUT2D eigenvalue weighted by Gasteiger charge is -2.17. The van der Waals surface area contributed by atoms with Gasteiger partial charge in [-0.25, -0.2) is 4.98 Å². The first kappa shape index (κ1) is 19.7. The number of benzene rings is 2. The van der Waals surface area contributed by atoms with Gasteiger partial charge in [0.1, 0.15) is 6.10 Å². The van der Waals surface area contributed by atoms with Gasteiger partial charge < -0.3 is 15.8 Å². The highest BCUT2D eigenvalue weighted by molar-refractivity contribution is 6.30. The molecule has 0 aliphatic carbocycles. The van der Waals surface area contributed by atoms with Crippen LogP contribution >= 0.6 is 11.6 Å². The third kappa shape index (κ3) is 4.34. The Morgan fingerprint density at radius 3 is 2.77 bits per heavy atom. The van der Waals surface area contributed by atoms with Crippen LogP contribution in [-0.2, 0) is 0 Å². The van der Waals surface area contributed by atoms with Gasteiger partial charge in [0.05, 0.1) is 16.1 Å². The number of aromatic nitrogens is 2. The summed E-state index contributed by atoms with van der Waals surface area (Å²) in [4.78, 5) is 21.0. The SMILES string of the molecule is C[C@@H](Oc1cc(Cl)cnc1N)c1cccc(NC(=O)c2cnc3ccccc3c2)c1. The van der Waals surface area contributed by atoms with E-state index in [0.717, 1.165) is 16.5 Å². The Bertz CT molecular complexity index is 1230. The Morgan fingerprint density at radius 1 is 1.07 bits per heavy atom. The van der Waals surface area contributed by atoms with Crippen LogP contribution in [0.4, 0.5) is 11.5 Å². The van der Waals surface area contributed by atoms with E-state index < -0.39 is 0 Å². The van der Waals surface area contributed by atoms with Crippen molar-refractivity contribution in [2.45, 2.75) is 13.0 Å². The van der Waals surface area contributed by atoms with Crippen LogP contribution in [0.1, 0.15) is 28.9 Å². The number of anilines is 2. The molecule has 1 amide bonds. The standard InChI is InChI=1S/C23H19ClN4O2/c1-14(30-21-11-18(24)13-27-22(21)25)15-6-4-7-19(10-15)28-23(29)17-9-16-5-2-3-8-20(16)26-12-17/h2-14H,1H3,(H2,25,27)(H,28,29)/t14-/m1/s1. The smallest absolute Gasteiger partial charge is 0.257 e. The van der Waals surface area contributed by atoms with Gasteiger partial charge in [0.2, 0.25) is 0 Å². The van der Waals surface area contributed by atoms with Crippen molar-refractivity contribution in [1.82, 2.24) is 9.97 Å². The highest BCUT2D eigenvalue weighted by Crippen LogP contribution is 2.29. The van der Waals surface area contributed by atoms with Crippen molar-refractivity contribution in [1.29, 1.82) is 0 Å². The molecule has 2 aromatic heterocycles. The van der Waals surface area contributed by atoms with Gasteiger partial charge in [-0.05, 0) is 36.8 Å². The first-order valence-electron chi connectivity index (χ1n) is 9.33. The highest BCUT2D eigenvalue weighted by atomic mass is 35.5. The number of rotatable bonds is 5. The summed E-state index contributed by atoms with van der Waals surface area (Å²) in [7, 11) is 0. The number of nitrogens with two attached hydrogens (primary N) is 1. The number of nitrogens with zero attached hydrogens (tertiary/aromatic N) is 2. The average molecular weight is 419 g/mol. The van der Waals surface area contributed by atoms with Crippen LogP contribution in [0.3, 0.4) is 0 Å². The first-order chi connectivity index (χ1) is 14.5. The molecule has 1 atom stereocenters. The number of amides is 1. The molecule has 2 heterocycles. The first-order valence-corrected chi connectivity index (χ1v) is 9.71. The number of pyridine rings is 2. The molecule has 0 aliphatic rings. The molecular weight excluding hydrogens is 400 g/mol. The maximum absolute atomic E-state index is 12.7. The van der Waals surface area contributed by atoms with Crippen molar-refractivity contribution in [2.75, 3.05) is 11.1 Å². The molecule has 0 unspecified atom stereocenters. The molecule has 0 saturated heterocycles. The van der Waals surface area contributed by atoms with E-state index in [9.17, 15) is 4.79 Å². The molecule has 0 spiro atoms. The Labute approximate surface area is 178 Å². The van der Waals surface area contributed by atoms with Crippen LogP contribution in [0.5, 0.6) is 5.75 Å². The van der Waals surface area contributed by atoms with Crippen molar-refractivity contribution in [3.05, 3.63) is 89.2 Å². The summed E-state index contributed by atoms with van der Waals surface area (Å²) in [5, 5.41) is 4.26. The third-order valence-electron chi connectivity index (χ3n) is 4.62. The van der Waals surface area contributed by atoms with Gasteiger partial charge in [-0.1, -0.05) is 41.9 Å². The number of nitrogens with one attached hydrogen (secondary N) is 1. The molecule has 150 valence electrons. The minimum atomic E-state index is -0.327. The minimum absolute atomic E-state index is 0.234. The van der Waals surface area contributed by atoms with Gasteiger partial charge in [-0.2, -0.15) is 0 Å². The number of ether oxygens (including phenoxy) is 1. The summed E-state index contributed by atoms with van der Waals surface area (Å²) in [5.41, 5.74) is 8.71. The quantitative estimate of drug-likeness (QED) is 0.461. The second-order valence-corrected chi connectivity index (χ2v) is 7.23. The molecule has 0 radical (unpaired) electrons. The number of fused-ring (bicyclic) bond motifs is 1. The van der Waals surface area contributed by atoms with Crippen molar-refractivity contribution < 1.29 is 9.53 Å². The van der Waals surface area contributed by atoms with Gasteiger partial charge >= 0.3 is 0 Å². The Kier molecular flexibility index (Phi) is 5.50. The Balaban J connectivity index is 1.50. The maximum atomic E-state index is 12.7. The van der Waals surface area contributed by atoms with Crippen molar-refractivity contribution >= 4 is 39.9 Å². The number of carbonyl (C=O) groups excluding carboxylic acids is 1. The van der Waals surface area contributed by atoms with E-state index in [1.54, 1.807) is 12.3 Å². The zero-order chi connectivity index (χ0) is 21.1. The molecule has 2 aromatic carbocycles. The van der Waals surface area contributed by atoms with Gasteiger partial charge in [0.15, 0.2) is 11.6 Å². The van der Waals surface area contributed by atoms with Crippen molar-refractivity contribution in [2.24, 2.45) is 0 Å². The van der Waals surface area contributed by atoms with Crippen LogP contribution in [0.25, 0.3) is 10.9 Å². The molecule has 4 rings (SSSR count). The van der Waals surface area contributed by atoms with E-state index in [1.165, 1.54) is 6.20 Å². The van der Waals surface area contributed by atoms with Crippen LogP contribution in [0.2, 0.25) is 5.02 Å². The van der Waals surface area contributed by atoms with Gasteiger partial charge in [0.25, 0.3) is 5.91 Å². The predicted molar refractivity (Wildman–Crippen MR) is 119 cm³/mol. The zero-order valence-corrected chi connectivity index (χ0v) is 16.9. The number of carbonyl (C=O) groups is 1. The van der Waals surface area contributed by atoms with Crippen LogP contribution < -0.4 is 15.8 Å². The molecule has 0 aliphatic heterocycles. The fraction of sp³-hybridized carbons (Fsp3) is 0.0870. The number of halogens is 1. The van der Waals surface area contributed by atoms with E-state index in [0.29, 0.717) is 22.0 Å². The normalized spacial score (nSPS) is 11.8. The van der Waals surface area contributed by atoms with Crippen LogP contribution in [0.15, 0.2) is 73.1 Å². The van der Waals surface area contributed by atoms with Crippen molar-refractivity contribution in [3.8, 4) is 5.75 Å². The largest absolute Gasteiger partial charge is 0.482 e. The predicted octanol–water partition coefficient (Wildman–Crippen LogP) is 5.26. The topological polar surface area (TPSA) is 90.1 Å². The monoisotopic (exact) mass is 418 g/mol. The molecular formula is C23H19ClN4O2. The summed E-state index contributed by atoms with van der Waals surface area (Å²) >= 11 is 5.97. The molecule has 7 heteroatoms. The molecule has 0 fully saturated rings. The molecule has 0 saturated carbocycles. The van der Waals surface area contributed by atoms with Gasteiger partial charge in [0, 0.05) is 29.5 Å². The third-order valence-corrected chi connectivity index (χ3v) is 4.83. The van der Waals surface area contributed by atoms with E-state index >= 15 is 0 Å². The van der Waals surface area contributed by atoms with E-state index in [2.05, 4.69) is 15.3 Å². The molecule has 6 nitrogen and oxygen atoms in total. The number of hydrogen-bond acceptors (Lipinski definition) is 5. The minimum Gasteiger partial charge on any atom is -0.482 e. The van der Waals surface area contributed by atoms with Crippen LogP contribution in [0, 0.1) is 0 Å². The number of nitrogen functional groups attached to an aromatic ring is 1. The number of para-hydroxylation sites is 1. The molecule has 0 bridgehead atoms. The number of hydrogen-bond donors (Lipinski definition) is 2. The fourth-order valence-electron chi connectivity index (χ4n) is 3.05. The summed E-state index contributed by atoms with van der Waals surface area (Å²) in [6.07, 6.45) is 2.71. The molecule has 30 heavy (non-hydrogen) atoms. The van der Waals surface area contributed by atoms with E-state index in [-0.39, 0.29) is 17.8 Å².